The minimum atomic E-state index is 0.630. The monoisotopic (exact) mass is 290 g/mol. The highest BCUT2D eigenvalue weighted by molar-refractivity contribution is 5.21. The second-order valence-corrected chi connectivity index (χ2v) is 5.01. The van der Waals surface area contributed by atoms with E-state index in [4.69, 9.17) is 4.84 Å². The molecule has 3 rings (SSSR count). The van der Waals surface area contributed by atoms with Gasteiger partial charge in [-0.15, -0.1) is 5.06 Å². The van der Waals surface area contributed by atoms with E-state index in [0.29, 0.717) is 13.1 Å². The van der Waals surface area contributed by atoms with E-state index in [1.165, 1.54) is 5.56 Å². The van der Waals surface area contributed by atoms with Crippen LogP contribution in [-0.2, 0) is 13.1 Å². The smallest absolute Gasteiger partial charge is 0.147 e. The number of rotatable bonds is 6. The lowest BCUT2D eigenvalue weighted by atomic mass is 10.2. The van der Waals surface area contributed by atoms with Crippen LogP contribution in [0.15, 0.2) is 85.1 Å². The minimum absolute atomic E-state index is 0.630. The van der Waals surface area contributed by atoms with Crippen LogP contribution in [0.25, 0.3) is 0 Å². The number of hydroxylamine groups is 2. The van der Waals surface area contributed by atoms with Gasteiger partial charge in [-0.25, -0.2) is 0 Å². The second kappa shape index (κ2) is 7.38. The number of para-hydroxylation sites is 1. The summed E-state index contributed by atoms with van der Waals surface area (Å²) in [4.78, 5) is 10.4. The normalized spacial score (nSPS) is 10.6. The lowest BCUT2D eigenvalue weighted by Crippen LogP contribution is -2.27. The summed E-state index contributed by atoms with van der Waals surface area (Å²) in [5.74, 6) is 0.828. The van der Waals surface area contributed by atoms with Crippen LogP contribution in [-0.4, -0.2) is 10.0 Å². The van der Waals surface area contributed by atoms with Crippen molar-refractivity contribution < 1.29 is 4.84 Å². The molecule has 0 spiro atoms. The average Bonchev–Trinajstić information content (AvgIpc) is 2.57. The Bertz CT molecular complexity index is 573. The molecule has 3 nitrogen and oxygen atoms in total. The lowest BCUT2D eigenvalue weighted by Gasteiger charge is -2.22. The van der Waals surface area contributed by atoms with Crippen LogP contribution in [0.5, 0.6) is 5.75 Å². The quantitative estimate of drug-likeness (QED) is 0.640. The molecule has 0 bridgehead atoms. The Labute approximate surface area is 130 Å². The van der Waals surface area contributed by atoms with Crippen LogP contribution in [0.1, 0.15) is 11.3 Å². The maximum Gasteiger partial charge on any atom is 0.147 e. The fourth-order valence-corrected chi connectivity index (χ4v) is 2.21. The van der Waals surface area contributed by atoms with Crippen LogP contribution in [0.4, 0.5) is 0 Å². The first kappa shape index (κ1) is 14.3. The first-order chi connectivity index (χ1) is 10.9. The molecular formula is C19H18N2O. The van der Waals surface area contributed by atoms with Crippen molar-refractivity contribution in [1.29, 1.82) is 0 Å². The molecule has 0 aliphatic rings. The zero-order chi connectivity index (χ0) is 15.0. The first-order valence-electron chi connectivity index (χ1n) is 7.32. The highest BCUT2D eigenvalue weighted by Gasteiger charge is 2.10. The van der Waals surface area contributed by atoms with Crippen molar-refractivity contribution >= 4 is 0 Å². The molecule has 0 atom stereocenters. The topological polar surface area (TPSA) is 25.4 Å². The number of nitrogens with zero attached hydrogens (tertiary/aromatic N) is 2. The Morgan fingerprint density at radius 3 is 2.09 bits per heavy atom. The highest BCUT2D eigenvalue weighted by atomic mass is 16.7. The largest absolute Gasteiger partial charge is 0.405 e. The molecule has 0 saturated carbocycles. The predicted molar refractivity (Wildman–Crippen MR) is 87.0 cm³/mol. The summed E-state index contributed by atoms with van der Waals surface area (Å²) in [6, 6.07) is 26.0. The summed E-state index contributed by atoms with van der Waals surface area (Å²) < 4.78 is 0. The fraction of sp³-hybridized carbons (Fsp3) is 0.105. The molecule has 1 heterocycles. The molecule has 0 amide bonds. The minimum Gasteiger partial charge on any atom is -0.405 e. The maximum atomic E-state index is 6.02. The Morgan fingerprint density at radius 1 is 0.727 bits per heavy atom. The molecule has 0 N–H and O–H groups in total. The van der Waals surface area contributed by atoms with Crippen LogP contribution in [0.3, 0.4) is 0 Å². The molecule has 2 aromatic carbocycles. The molecule has 22 heavy (non-hydrogen) atoms. The number of aromatic nitrogens is 1. The predicted octanol–water partition coefficient (Wildman–Crippen LogP) is 4.08. The van der Waals surface area contributed by atoms with Crippen molar-refractivity contribution in [1.82, 2.24) is 10.0 Å². The average molecular weight is 290 g/mol. The molecule has 0 aliphatic heterocycles. The van der Waals surface area contributed by atoms with E-state index in [1.54, 1.807) is 6.20 Å². The SMILES string of the molecule is c1ccc(CN(Cc2ccccn2)Oc2ccccc2)cc1. The molecule has 3 heteroatoms. The van der Waals surface area contributed by atoms with Crippen LogP contribution >= 0.6 is 0 Å². The van der Waals surface area contributed by atoms with Gasteiger partial charge in [0.2, 0.25) is 0 Å². The van der Waals surface area contributed by atoms with Gasteiger partial charge in [-0.2, -0.15) is 0 Å². The summed E-state index contributed by atoms with van der Waals surface area (Å²) in [6.07, 6.45) is 1.80. The van der Waals surface area contributed by atoms with E-state index in [2.05, 4.69) is 17.1 Å². The van der Waals surface area contributed by atoms with Crippen molar-refractivity contribution in [3.05, 3.63) is 96.3 Å². The molecule has 1 aromatic heterocycles. The fourth-order valence-electron chi connectivity index (χ4n) is 2.21. The lowest BCUT2D eigenvalue weighted by molar-refractivity contribution is -0.0766. The summed E-state index contributed by atoms with van der Waals surface area (Å²) >= 11 is 0. The van der Waals surface area contributed by atoms with Crippen molar-refractivity contribution in [3.63, 3.8) is 0 Å². The van der Waals surface area contributed by atoms with Gasteiger partial charge in [0.15, 0.2) is 0 Å². The second-order valence-electron chi connectivity index (χ2n) is 5.01. The van der Waals surface area contributed by atoms with E-state index in [-0.39, 0.29) is 0 Å². The third-order valence-electron chi connectivity index (χ3n) is 3.24. The van der Waals surface area contributed by atoms with Gasteiger partial charge >= 0.3 is 0 Å². The standard InChI is InChI=1S/C19H18N2O/c1-3-9-17(10-4-1)15-21(16-18-11-7-8-14-20-18)22-19-12-5-2-6-13-19/h1-14H,15-16H2. The summed E-state index contributed by atoms with van der Waals surface area (Å²) in [7, 11) is 0. The van der Waals surface area contributed by atoms with E-state index in [9.17, 15) is 0 Å². The zero-order valence-electron chi connectivity index (χ0n) is 12.3. The van der Waals surface area contributed by atoms with Crippen molar-refractivity contribution in [2.24, 2.45) is 0 Å². The van der Waals surface area contributed by atoms with Gasteiger partial charge in [0.1, 0.15) is 5.75 Å². The number of benzene rings is 2. The Kier molecular flexibility index (Phi) is 4.80. The molecular weight excluding hydrogens is 272 g/mol. The molecule has 0 fully saturated rings. The van der Waals surface area contributed by atoms with Gasteiger partial charge in [0.25, 0.3) is 0 Å². The van der Waals surface area contributed by atoms with Crippen molar-refractivity contribution in [2.45, 2.75) is 13.1 Å². The van der Waals surface area contributed by atoms with Crippen LogP contribution in [0, 0.1) is 0 Å². The summed E-state index contributed by atoms with van der Waals surface area (Å²) in [6.45, 7) is 1.33. The molecule has 3 aromatic rings. The number of hydrogen-bond donors (Lipinski definition) is 0. The summed E-state index contributed by atoms with van der Waals surface area (Å²) in [5, 5.41) is 1.92. The highest BCUT2D eigenvalue weighted by Crippen LogP contribution is 2.15. The Balaban J connectivity index is 1.75. The Hall–Kier alpha value is -2.65. The first-order valence-corrected chi connectivity index (χ1v) is 7.32. The number of hydrogen-bond acceptors (Lipinski definition) is 3. The summed E-state index contributed by atoms with van der Waals surface area (Å²) in [5.41, 5.74) is 2.18. The molecule has 0 radical (unpaired) electrons. The molecule has 0 aliphatic carbocycles. The van der Waals surface area contributed by atoms with E-state index >= 15 is 0 Å². The number of pyridine rings is 1. The van der Waals surface area contributed by atoms with Crippen LogP contribution in [0.2, 0.25) is 0 Å². The molecule has 0 unspecified atom stereocenters. The van der Waals surface area contributed by atoms with Crippen LogP contribution < -0.4 is 4.84 Å². The maximum absolute atomic E-state index is 6.02. The molecule has 110 valence electrons. The van der Waals surface area contributed by atoms with Gasteiger partial charge in [0, 0.05) is 6.20 Å². The van der Waals surface area contributed by atoms with Gasteiger partial charge in [0.05, 0.1) is 18.8 Å². The zero-order valence-corrected chi connectivity index (χ0v) is 12.3. The van der Waals surface area contributed by atoms with Gasteiger partial charge in [-0.3, -0.25) is 4.98 Å². The van der Waals surface area contributed by atoms with Gasteiger partial charge in [-0.05, 0) is 29.8 Å². The molecule has 0 saturated heterocycles. The third kappa shape index (κ3) is 4.17. The van der Waals surface area contributed by atoms with Gasteiger partial charge < -0.3 is 4.84 Å². The van der Waals surface area contributed by atoms with E-state index in [0.717, 1.165) is 11.4 Å². The Morgan fingerprint density at radius 2 is 1.41 bits per heavy atom. The van der Waals surface area contributed by atoms with Gasteiger partial charge in [-0.1, -0.05) is 54.6 Å². The van der Waals surface area contributed by atoms with Crippen molar-refractivity contribution in [2.75, 3.05) is 0 Å². The van der Waals surface area contributed by atoms with E-state index < -0.39 is 0 Å². The van der Waals surface area contributed by atoms with Crippen molar-refractivity contribution in [3.8, 4) is 5.75 Å². The van der Waals surface area contributed by atoms with E-state index in [1.807, 2.05) is 71.8 Å². The third-order valence-corrected chi connectivity index (χ3v) is 3.24.